The molecule has 3 heterocycles. The Balaban J connectivity index is 1.36. The number of hydrogen-bond donors (Lipinski definition) is 3. The van der Waals surface area contributed by atoms with Crippen molar-refractivity contribution >= 4 is 17.4 Å². The molecule has 0 unspecified atom stereocenters. The third kappa shape index (κ3) is 5.56. The van der Waals surface area contributed by atoms with E-state index in [4.69, 9.17) is 4.74 Å². The van der Waals surface area contributed by atoms with Crippen LogP contribution in [0.15, 0.2) is 54.7 Å². The topological polar surface area (TPSA) is 92.6 Å². The lowest BCUT2D eigenvalue weighted by molar-refractivity contribution is 0.0950. The summed E-state index contributed by atoms with van der Waals surface area (Å²) in [5, 5.41) is 14.0. The van der Waals surface area contributed by atoms with E-state index >= 15 is 4.39 Å². The highest BCUT2D eigenvalue weighted by molar-refractivity contribution is 5.97. The Hall–Kier alpha value is -4.05. The van der Waals surface area contributed by atoms with Crippen LogP contribution in [0, 0.1) is 12.7 Å². The second kappa shape index (κ2) is 10.3. The molecule has 2 aliphatic rings. The molecule has 8 nitrogen and oxygen atoms in total. The van der Waals surface area contributed by atoms with Gasteiger partial charge in [-0.05, 0) is 75.0 Å². The fourth-order valence-corrected chi connectivity index (χ4v) is 4.85. The minimum atomic E-state index is -1.35. The predicted octanol–water partition coefficient (Wildman–Crippen LogP) is 5.03. The van der Waals surface area contributed by atoms with Crippen molar-refractivity contribution < 1.29 is 18.3 Å². The van der Waals surface area contributed by atoms with Crippen molar-refractivity contribution in [2.24, 2.45) is 0 Å². The molecule has 4 aromatic rings. The first kappa shape index (κ1) is 25.2. The number of fused-ring (bicyclic) bond motifs is 1. The van der Waals surface area contributed by atoms with Crippen molar-refractivity contribution in [3.8, 4) is 22.8 Å². The van der Waals surface area contributed by atoms with E-state index in [2.05, 4.69) is 26.0 Å². The van der Waals surface area contributed by atoms with E-state index in [1.807, 2.05) is 25.1 Å². The Morgan fingerprint density at radius 2 is 2.00 bits per heavy atom. The number of benzene rings is 2. The second-order valence-corrected chi connectivity index (χ2v) is 10.4. The molecule has 1 amide bonds. The highest BCUT2D eigenvalue weighted by Gasteiger charge is 2.32. The molecule has 0 radical (unpaired) electrons. The largest absolute Gasteiger partial charge is 0.439 e. The van der Waals surface area contributed by atoms with Crippen LogP contribution >= 0.6 is 0 Å². The van der Waals surface area contributed by atoms with Crippen molar-refractivity contribution in [3.05, 3.63) is 71.7 Å². The minimum absolute atomic E-state index is 0.0742. The first-order chi connectivity index (χ1) is 18.9. The fourth-order valence-electron chi connectivity index (χ4n) is 4.85. The summed E-state index contributed by atoms with van der Waals surface area (Å²) in [5.74, 6) is 0.512. The number of rotatable bonds is 8. The molecule has 0 spiro atoms. The summed E-state index contributed by atoms with van der Waals surface area (Å²) in [5.41, 5.74) is 2.14. The van der Waals surface area contributed by atoms with Gasteiger partial charge in [-0.3, -0.25) is 4.79 Å². The number of ether oxygens (including phenoxy) is 1. The van der Waals surface area contributed by atoms with Gasteiger partial charge in [0.05, 0.1) is 12.7 Å². The first-order valence-corrected chi connectivity index (χ1v) is 13.2. The molecule has 1 saturated heterocycles. The summed E-state index contributed by atoms with van der Waals surface area (Å²) >= 11 is 0. The van der Waals surface area contributed by atoms with E-state index < -0.39 is 11.5 Å². The number of carbonyl (C=O) groups is 1. The van der Waals surface area contributed by atoms with Crippen LogP contribution in [0.4, 0.5) is 14.6 Å². The van der Waals surface area contributed by atoms with Crippen molar-refractivity contribution in [2.75, 3.05) is 25.0 Å². The third-order valence-electron chi connectivity index (χ3n) is 7.25. The van der Waals surface area contributed by atoms with Crippen LogP contribution in [-0.2, 0) is 0 Å². The number of nitrogens with zero attached hydrogens (tertiary/aromatic N) is 3. The normalized spacial score (nSPS) is 16.7. The minimum Gasteiger partial charge on any atom is -0.439 e. The first-order valence-electron chi connectivity index (χ1n) is 13.2. The van der Waals surface area contributed by atoms with E-state index in [-0.39, 0.29) is 24.4 Å². The van der Waals surface area contributed by atoms with Gasteiger partial charge in [-0.2, -0.15) is 14.6 Å². The highest BCUT2D eigenvalue weighted by Crippen LogP contribution is 2.32. The molecule has 6 rings (SSSR count). The van der Waals surface area contributed by atoms with Gasteiger partial charge in [-0.25, -0.2) is 8.78 Å². The Morgan fingerprint density at radius 1 is 1.18 bits per heavy atom. The Bertz CT molecular complexity index is 1530. The summed E-state index contributed by atoms with van der Waals surface area (Å²) in [4.78, 5) is 17.3. The summed E-state index contributed by atoms with van der Waals surface area (Å²) in [6, 6.07) is 13.3. The molecular formula is C29H30F2N6O2. The van der Waals surface area contributed by atoms with Crippen LogP contribution in [0.5, 0.6) is 11.6 Å². The fraction of sp³-hybridized carbons (Fsp3) is 0.345. The summed E-state index contributed by atoms with van der Waals surface area (Å²) in [6.07, 6.45) is 4.55. The van der Waals surface area contributed by atoms with Gasteiger partial charge in [0.15, 0.2) is 5.65 Å². The standard InChI is InChI=1S/C29H30F2N6O2/c1-18-13-19(5-8-23(18)28(38)35-21-6-7-21)24-16-34-37-25(33-17-29(31)9-11-32-12-10-29)15-26(36-27(24)37)39-22-4-2-3-20(30)14-22/h2-5,8,13-16,21,32-33H,6-7,9-12,17H2,1H3,(H,35,38). The number of carbonyl (C=O) groups excluding carboxylic acids is 1. The van der Waals surface area contributed by atoms with Crippen molar-refractivity contribution in [3.63, 3.8) is 0 Å². The average molecular weight is 533 g/mol. The molecule has 3 N–H and O–H groups in total. The van der Waals surface area contributed by atoms with E-state index in [9.17, 15) is 9.18 Å². The van der Waals surface area contributed by atoms with E-state index in [0.29, 0.717) is 48.7 Å². The monoisotopic (exact) mass is 532 g/mol. The van der Waals surface area contributed by atoms with Crippen molar-refractivity contribution in [1.29, 1.82) is 0 Å². The number of aryl methyl sites for hydroxylation is 1. The van der Waals surface area contributed by atoms with Crippen LogP contribution in [0.1, 0.15) is 41.6 Å². The second-order valence-electron chi connectivity index (χ2n) is 10.4. The molecule has 39 heavy (non-hydrogen) atoms. The van der Waals surface area contributed by atoms with Gasteiger partial charge in [-0.15, -0.1) is 0 Å². The van der Waals surface area contributed by atoms with Gasteiger partial charge in [0.25, 0.3) is 5.91 Å². The van der Waals surface area contributed by atoms with Crippen LogP contribution in [0.2, 0.25) is 0 Å². The van der Waals surface area contributed by atoms with E-state index in [1.165, 1.54) is 12.1 Å². The maximum atomic E-state index is 15.4. The molecule has 1 aliphatic heterocycles. The number of halogens is 2. The quantitative estimate of drug-likeness (QED) is 0.295. The number of aromatic nitrogens is 3. The number of hydrogen-bond acceptors (Lipinski definition) is 6. The van der Waals surface area contributed by atoms with Crippen LogP contribution < -0.4 is 20.7 Å². The predicted molar refractivity (Wildman–Crippen MR) is 145 cm³/mol. The Kier molecular flexibility index (Phi) is 6.64. The summed E-state index contributed by atoms with van der Waals surface area (Å²) in [7, 11) is 0. The zero-order valence-electron chi connectivity index (χ0n) is 21.6. The van der Waals surface area contributed by atoms with Crippen molar-refractivity contribution in [1.82, 2.24) is 25.2 Å². The van der Waals surface area contributed by atoms with Gasteiger partial charge in [0.2, 0.25) is 5.88 Å². The molecule has 202 valence electrons. The molecule has 2 aromatic heterocycles. The SMILES string of the molecule is Cc1cc(-c2cnn3c(NCC4(F)CCNCC4)cc(Oc4cccc(F)c4)nc23)ccc1C(=O)NC1CC1. The maximum Gasteiger partial charge on any atom is 0.251 e. The smallest absolute Gasteiger partial charge is 0.251 e. The van der Waals surface area contributed by atoms with Crippen LogP contribution in [0.25, 0.3) is 16.8 Å². The van der Waals surface area contributed by atoms with Gasteiger partial charge in [-0.1, -0.05) is 18.2 Å². The molecule has 1 aliphatic carbocycles. The van der Waals surface area contributed by atoms with Gasteiger partial charge >= 0.3 is 0 Å². The third-order valence-corrected chi connectivity index (χ3v) is 7.25. The lowest BCUT2D eigenvalue weighted by atomic mass is 9.94. The van der Waals surface area contributed by atoms with Gasteiger partial charge in [0, 0.05) is 29.3 Å². The molecule has 0 atom stereocenters. The number of piperidine rings is 1. The molecule has 1 saturated carbocycles. The molecular weight excluding hydrogens is 502 g/mol. The summed E-state index contributed by atoms with van der Waals surface area (Å²) in [6.45, 7) is 3.25. The lowest BCUT2D eigenvalue weighted by Gasteiger charge is -2.30. The summed E-state index contributed by atoms with van der Waals surface area (Å²) < 4.78 is 36.7. The zero-order chi connectivity index (χ0) is 27.0. The average Bonchev–Trinajstić information content (AvgIpc) is 3.62. The lowest BCUT2D eigenvalue weighted by Crippen LogP contribution is -2.43. The number of amides is 1. The van der Waals surface area contributed by atoms with E-state index in [1.54, 1.807) is 28.9 Å². The molecule has 10 heteroatoms. The highest BCUT2D eigenvalue weighted by atomic mass is 19.1. The van der Waals surface area contributed by atoms with Gasteiger partial charge in [0.1, 0.15) is 23.1 Å². The molecule has 0 bridgehead atoms. The number of nitrogens with one attached hydrogen (secondary N) is 3. The zero-order valence-corrected chi connectivity index (χ0v) is 21.6. The maximum absolute atomic E-state index is 15.4. The Labute approximate surface area is 224 Å². The van der Waals surface area contributed by atoms with Crippen molar-refractivity contribution in [2.45, 2.75) is 44.3 Å². The molecule has 2 fully saturated rings. The van der Waals surface area contributed by atoms with E-state index in [0.717, 1.165) is 29.5 Å². The number of anilines is 1. The number of alkyl halides is 1. The molecule has 2 aromatic carbocycles. The van der Waals surface area contributed by atoms with Crippen LogP contribution in [-0.4, -0.2) is 51.9 Å². The Morgan fingerprint density at radius 3 is 2.74 bits per heavy atom. The van der Waals surface area contributed by atoms with Crippen LogP contribution in [0.3, 0.4) is 0 Å². The van der Waals surface area contributed by atoms with Gasteiger partial charge < -0.3 is 20.7 Å².